The van der Waals surface area contributed by atoms with Crippen LogP contribution in [0.3, 0.4) is 0 Å². The molecular formula is C37H25BN2OS. The highest BCUT2D eigenvalue weighted by Crippen LogP contribution is 2.53. The maximum atomic E-state index is 6.52. The molecule has 0 aromatic heterocycles. The molecule has 0 amide bonds. The van der Waals surface area contributed by atoms with E-state index in [1.54, 1.807) is 11.8 Å². The first-order valence-electron chi connectivity index (χ1n) is 14.3. The van der Waals surface area contributed by atoms with Gasteiger partial charge in [0.15, 0.2) is 0 Å². The van der Waals surface area contributed by atoms with E-state index >= 15 is 0 Å². The lowest BCUT2D eigenvalue weighted by molar-refractivity contribution is 0.455. The van der Waals surface area contributed by atoms with E-state index in [-0.39, 0.29) is 6.85 Å². The third-order valence-corrected chi connectivity index (χ3v) is 9.59. The standard InChI is InChI=1S/C37H25BN2OS/c1-24-20-28-27-22-34-36(42-35-19-11-10-18-33(35)41-34)23-31(27)40(26-14-6-3-7-15-26)38-29-16-8-9-17-30(29)39(32(21-24)37(28)38)25-12-4-2-5-13-25/h2-23H,1H3. The minimum atomic E-state index is 0.0153. The Morgan fingerprint density at radius 1 is 0.571 bits per heavy atom. The number of nitrogens with zero attached hydrogens (tertiary/aromatic N) is 2. The number of benzene rings is 6. The Bertz CT molecular complexity index is 2030. The van der Waals surface area contributed by atoms with Crippen LogP contribution < -0.4 is 25.4 Å². The fraction of sp³-hybridized carbons (Fsp3) is 0.0270. The summed E-state index contributed by atoms with van der Waals surface area (Å²) < 4.78 is 6.52. The summed E-state index contributed by atoms with van der Waals surface area (Å²) in [4.78, 5) is 7.26. The van der Waals surface area contributed by atoms with Gasteiger partial charge in [-0.05, 0) is 89.6 Å². The number of rotatable bonds is 2. The van der Waals surface area contributed by atoms with E-state index in [0.29, 0.717) is 0 Å². The lowest BCUT2D eigenvalue weighted by atomic mass is 9.43. The predicted molar refractivity (Wildman–Crippen MR) is 176 cm³/mol. The molecular weight excluding hydrogens is 531 g/mol. The summed E-state index contributed by atoms with van der Waals surface area (Å²) in [5.74, 6) is 1.83. The fourth-order valence-electron chi connectivity index (χ4n) is 6.80. The topological polar surface area (TPSA) is 15.7 Å². The van der Waals surface area contributed by atoms with Crippen molar-refractivity contribution in [2.24, 2.45) is 0 Å². The molecule has 0 unspecified atom stereocenters. The van der Waals surface area contributed by atoms with Crippen LogP contribution in [0.5, 0.6) is 11.5 Å². The van der Waals surface area contributed by atoms with Crippen LogP contribution >= 0.6 is 11.8 Å². The monoisotopic (exact) mass is 556 g/mol. The largest absolute Gasteiger partial charge is 0.455 e. The first-order valence-corrected chi connectivity index (χ1v) is 15.1. The van der Waals surface area contributed by atoms with Gasteiger partial charge in [0.2, 0.25) is 0 Å². The molecule has 0 N–H and O–H groups in total. The Labute approximate surface area is 250 Å². The predicted octanol–water partition coefficient (Wildman–Crippen LogP) is 8.96. The Hall–Kier alpha value is -4.87. The summed E-state index contributed by atoms with van der Waals surface area (Å²) in [5.41, 5.74) is 12.3. The van der Waals surface area contributed by atoms with Gasteiger partial charge in [0.25, 0.3) is 0 Å². The van der Waals surface area contributed by atoms with E-state index in [2.05, 4.69) is 144 Å². The van der Waals surface area contributed by atoms with Crippen molar-refractivity contribution in [2.45, 2.75) is 16.7 Å². The van der Waals surface area contributed by atoms with Crippen LogP contribution in [0.1, 0.15) is 5.56 Å². The van der Waals surface area contributed by atoms with E-state index in [1.807, 2.05) is 6.07 Å². The average Bonchev–Trinajstić information content (AvgIpc) is 3.04. The van der Waals surface area contributed by atoms with Crippen molar-refractivity contribution in [3.8, 4) is 22.6 Å². The Morgan fingerprint density at radius 2 is 1.29 bits per heavy atom. The van der Waals surface area contributed by atoms with E-state index in [9.17, 15) is 0 Å². The highest BCUT2D eigenvalue weighted by molar-refractivity contribution is 7.99. The molecule has 0 atom stereocenters. The van der Waals surface area contributed by atoms with Crippen LogP contribution in [0.2, 0.25) is 0 Å². The molecule has 0 saturated carbocycles. The van der Waals surface area contributed by atoms with Crippen molar-refractivity contribution in [3.05, 3.63) is 139 Å². The van der Waals surface area contributed by atoms with Gasteiger partial charge >= 0.3 is 6.85 Å². The summed E-state index contributed by atoms with van der Waals surface area (Å²) in [6.07, 6.45) is 0. The Kier molecular flexibility index (Phi) is 5.14. The van der Waals surface area contributed by atoms with E-state index < -0.39 is 0 Å². The highest BCUT2D eigenvalue weighted by atomic mass is 32.2. The molecule has 5 heteroatoms. The van der Waals surface area contributed by atoms with Gasteiger partial charge in [-0.1, -0.05) is 84.6 Å². The van der Waals surface area contributed by atoms with Gasteiger partial charge in [-0.15, -0.1) is 0 Å². The van der Waals surface area contributed by atoms with Crippen LogP contribution in [0.4, 0.5) is 28.4 Å². The van der Waals surface area contributed by atoms with Gasteiger partial charge in [-0.25, -0.2) is 0 Å². The number of fused-ring (bicyclic) bond motifs is 6. The second kappa shape index (κ2) is 9.07. The summed E-state index contributed by atoms with van der Waals surface area (Å²) in [6, 6.07) is 48.1. The van der Waals surface area contributed by atoms with Crippen molar-refractivity contribution in [2.75, 3.05) is 9.71 Å². The van der Waals surface area contributed by atoms with E-state index in [4.69, 9.17) is 4.74 Å². The van der Waals surface area contributed by atoms with Gasteiger partial charge in [0, 0.05) is 34.0 Å². The lowest BCUT2D eigenvalue weighted by Crippen LogP contribution is -2.61. The number of ether oxygens (including phenoxy) is 1. The van der Waals surface area contributed by atoms with Gasteiger partial charge in [0.05, 0.1) is 9.79 Å². The summed E-state index contributed by atoms with van der Waals surface area (Å²) in [7, 11) is 0. The zero-order valence-corrected chi connectivity index (χ0v) is 23.8. The van der Waals surface area contributed by atoms with Crippen LogP contribution in [-0.2, 0) is 0 Å². The molecule has 6 aromatic carbocycles. The number of para-hydroxylation sites is 4. The molecule has 9 rings (SSSR count). The minimum Gasteiger partial charge on any atom is -0.455 e. The van der Waals surface area contributed by atoms with Crippen molar-refractivity contribution in [3.63, 3.8) is 0 Å². The molecule has 0 fully saturated rings. The van der Waals surface area contributed by atoms with Crippen LogP contribution in [0.15, 0.2) is 143 Å². The first-order chi connectivity index (χ1) is 20.7. The lowest BCUT2D eigenvalue weighted by Gasteiger charge is -2.46. The maximum Gasteiger partial charge on any atom is 0.333 e. The van der Waals surface area contributed by atoms with Crippen molar-refractivity contribution >= 4 is 58.0 Å². The zero-order valence-electron chi connectivity index (χ0n) is 23.0. The molecule has 3 aliphatic heterocycles. The third kappa shape index (κ3) is 3.44. The molecule has 0 bridgehead atoms. The zero-order chi connectivity index (χ0) is 27.8. The van der Waals surface area contributed by atoms with Crippen molar-refractivity contribution in [1.29, 1.82) is 0 Å². The van der Waals surface area contributed by atoms with Crippen LogP contribution in [0, 0.1) is 6.92 Å². The summed E-state index contributed by atoms with van der Waals surface area (Å²) in [5, 5.41) is 0. The molecule has 0 saturated heterocycles. The number of hydrogen-bond donors (Lipinski definition) is 0. The van der Waals surface area contributed by atoms with Gasteiger partial charge < -0.3 is 14.4 Å². The number of anilines is 5. The van der Waals surface area contributed by atoms with Crippen molar-refractivity contribution in [1.82, 2.24) is 0 Å². The first kappa shape index (κ1) is 23.8. The van der Waals surface area contributed by atoms with Crippen LogP contribution in [-0.4, -0.2) is 6.85 Å². The number of hydrogen-bond acceptors (Lipinski definition) is 4. The molecule has 6 aromatic rings. The average molecular weight is 556 g/mol. The Balaban J connectivity index is 1.37. The molecule has 3 nitrogen and oxygen atoms in total. The molecule has 0 radical (unpaired) electrons. The van der Waals surface area contributed by atoms with Crippen molar-refractivity contribution < 1.29 is 4.74 Å². The van der Waals surface area contributed by atoms with Gasteiger partial charge in [-0.3, -0.25) is 0 Å². The molecule has 42 heavy (non-hydrogen) atoms. The molecule has 3 aliphatic rings. The second-order valence-electron chi connectivity index (χ2n) is 11.1. The van der Waals surface area contributed by atoms with Crippen LogP contribution in [0.25, 0.3) is 11.1 Å². The molecule has 0 spiro atoms. The second-order valence-corrected chi connectivity index (χ2v) is 12.1. The fourth-order valence-corrected chi connectivity index (χ4v) is 7.77. The summed E-state index contributed by atoms with van der Waals surface area (Å²) >= 11 is 1.79. The van der Waals surface area contributed by atoms with E-state index in [1.165, 1.54) is 50.4 Å². The molecule has 198 valence electrons. The van der Waals surface area contributed by atoms with Gasteiger partial charge in [0.1, 0.15) is 11.5 Å². The normalized spacial score (nSPS) is 13.8. The minimum absolute atomic E-state index is 0.0153. The third-order valence-electron chi connectivity index (χ3n) is 8.50. The maximum absolute atomic E-state index is 6.52. The SMILES string of the molecule is Cc1cc2c3c(c1)N(c1ccccc1)c1ccccc1B3N(c1ccccc1)c1cc3c(cc1-2)Oc1ccccc1S3. The quantitative estimate of drug-likeness (QED) is 0.198. The number of aryl methyl sites for hydroxylation is 1. The Morgan fingerprint density at radius 3 is 2.12 bits per heavy atom. The molecule has 3 heterocycles. The smallest absolute Gasteiger partial charge is 0.333 e. The summed E-state index contributed by atoms with van der Waals surface area (Å²) in [6.45, 7) is 2.22. The highest BCUT2D eigenvalue weighted by Gasteiger charge is 2.45. The van der Waals surface area contributed by atoms with Gasteiger partial charge in [-0.2, -0.15) is 0 Å². The molecule has 0 aliphatic carbocycles. The van der Waals surface area contributed by atoms with E-state index in [0.717, 1.165) is 27.0 Å².